The Balaban J connectivity index is 1.92. The summed E-state index contributed by atoms with van der Waals surface area (Å²) in [5, 5.41) is 13.2. The van der Waals surface area contributed by atoms with Gasteiger partial charge in [-0.1, -0.05) is 18.2 Å². The summed E-state index contributed by atoms with van der Waals surface area (Å²) in [5.74, 6) is 0. The second-order valence-corrected chi connectivity index (χ2v) is 5.18. The van der Waals surface area contributed by atoms with Crippen molar-refractivity contribution in [3.05, 3.63) is 48.2 Å². The molecule has 0 spiro atoms. The highest BCUT2D eigenvalue weighted by atomic mass is 32.2. The lowest BCUT2D eigenvalue weighted by atomic mass is 10.3. The Kier molecular flexibility index (Phi) is 3.34. The molecule has 2 N–H and O–H groups in total. The van der Waals surface area contributed by atoms with Gasteiger partial charge in [-0.15, -0.1) is 5.10 Å². The Morgan fingerprint density at radius 3 is 2.75 bits per heavy atom. The van der Waals surface area contributed by atoms with Crippen LogP contribution in [0.3, 0.4) is 0 Å². The lowest BCUT2D eigenvalue weighted by Gasteiger charge is -2.05. The fourth-order valence-corrected chi connectivity index (χ4v) is 2.50. The maximum absolute atomic E-state index is 5.77. The minimum Gasteiger partial charge on any atom is -0.397 e. The van der Waals surface area contributed by atoms with Gasteiger partial charge in [0.2, 0.25) is 5.16 Å². The Hall–Kier alpha value is -2.41. The molecule has 20 heavy (non-hydrogen) atoms. The zero-order valence-electron chi connectivity index (χ0n) is 10.8. The number of benzene rings is 1. The number of aryl methyl sites for hydroxylation is 1. The van der Waals surface area contributed by atoms with Crippen molar-refractivity contribution in [1.29, 1.82) is 0 Å². The molecule has 0 fully saturated rings. The van der Waals surface area contributed by atoms with E-state index in [4.69, 9.17) is 5.73 Å². The summed E-state index contributed by atoms with van der Waals surface area (Å²) in [6, 6.07) is 11.6. The maximum Gasteiger partial charge on any atom is 0.220 e. The molecule has 0 saturated carbocycles. The number of nitrogen functional groups attached to an aromatic ring is 1. The minimum absolute atomic E-state index is 0.660. The van der Waals surface area contributed by atoms with Gasteiger partial charge in [-0.2, -0.15) is 4.68 Å². The summed E-state index contributed by atoms with van der Waals surface area (Å²) in [6.45, 7) is 1.95. The minimum atomic E-state index is 0.660. The molecular weight excluding hydrogens is 272 g/mol. The second kappa shape index (κ2) is 5.30. The molecule has 0 aliphatic heterocycles. The zero-order chi connectivity index (χ0) is 13.9. The van der Waals surface area contributed by atoms with Crippen molar-refractivity contribution < 1.29 is 0 Å². The van der Waals surface area contributed by atoms with Crippen LogP contribution in [0.4, 0.5) is 5.69 Å². The number of rotatable bonds is 3. The second-order valence-electron chi connectivity index (χ2n) is 4.19. The van der Waals surface area contributed by atoms with E-state index in [1.165, 1.54) is 11.8 Å². The highest BCUT2D eigenvalue weighted by Crippen LogP contribution is 2.26. The SMILES string of the molecule is Cc1cc(Sc2nnnn2-c2ccccc2)ncc1N. The average Bonchev–Trinajstić information content (AvgIpc) is 2.92. The molecule has 0 aliphatic rings. The van der Waals surface area contributed by atoms with Crippen LogP contribution in [0.1, 0.15) is 5.56 Å². The van der Waals surface area contributed by atoms with Crippen LogP contribution in [0.15, 0.2) is 52.8 Å². The summed E-state index contributed by atoms with van der Waals surface area (Å²) < 4.78 is 1.68. The molecule has 7 heteroatoms. The number of hydrogen-bond acceptors (Lipinski definition) is 6. The van der Waals surface area contributed by atoms with Crippen molar-refractivity contribution >= 4 is 17.4 Å². The topological polar surface area (TPSA) is 82.5 Å². The van der Waals surface area contributed by atoms with Gasteiger partial charge in [0.15, 0.2) is 0 Å². The molecule has 2 heterocycles. The van der Waals surface area contributed by atoms with Crippen LogP contribution in [0, 0.1) is 6.92 Å². The van der Waals surface area contributed by atoms with E-state index < -0.39 is 0 Å². The Labute approximate surface area is 120 Å². The van der Waals surface area contributed by atoms with Crippen LogP contribution >= 0.6 is 11.8 Å². The summed E-state index contributed by atoms with van der Waals surface area (Å²) in [5.41, 5.74) is 8.34. The van der Waals surface area contributed by atoms with Gasteiger partial charge < -0.3 is 5.73 Å². The molecule has 6 nitrogen and oxygen atoms in total. The van der Waals surface area contributed by atoms with Crippen LogP contribution in [0.25, 0.3) is 5.69 Å². The number of para-hydroxylation sites is 1. The molecule has 0 atom stereocenters. The van der Waals surface area contributed by atoms with E-state index in [9.17, 15) is 0 Å². The fourth-order valence-electron chi connectivity index (χ4n) is 1.66. The summed E-state index contributed by atoms with van der Waals surface area (Å²) in [7, 11) is 0. The van der Waals surface area contributed by atoms with Crippen LogP contribution in [-0.4, -0.2) is 25.2 Å². The Morgan fingerprint density at radius 1 is 1.20 bits per heavy atom. The third-order valence-electron chi connectivity index (χ3n) is 2.76. The largest absolute Gasteiger partial charge is 0.397 e. The Morgan fingerprint density at radius 2 is 2.00 bits per heavy atom. The fraction of sp³-hybridized carbons (Fsp3) is 0.0769. The standard InChI is InChI=1S/C13H12N6S/c1-9-7-12(15-8-11(9)14)20-13-16-17-18-19(13)10-5-3-2-4-6-10/h2-8H,14H2,1H3. The molecule has 0 radical (unpaired) electrons. The molecule has 0 bridgehead atoms. The first kappa shape index (κ1) is 12.6. The first-order valence-corrected chi connectivity index (χ1v) is 6.79. The number of tetrazole rings is 1. The van der Waals surface area contributed by atoms with Gasteiger partial charge in [-0.05, 0) is 52.9 Å². The number of nitrogens with zero attached hydrogens (tertiary/aromatic N) is 5. The van der Waals surface area contributed by atoms with E-state index in [2.05, 4.69) is 20.5 Å². The summed E-state index contributed by atoms with van der Waals surface area (Å²) >= 11 is 1.40. The monoisotopic (exact) mass is 284 g/mol. The van der Waals surface area contributed by atoms with Gasteiger partial charge in [0, 0.05) is 0 Å². The lowest BCUT2D eigenvalue weighted by molar-refractivity contribution is 0.756. The first-order valence-electron chi connectivity index (χ1n) is 5.98. The number of anilines is 1. The molecule has 0 unspecified atom stereocenters. The normalized spacial score (nSPS) is 10.7. The molecule has 100 valence electrons. The number of nitrogens with two attached hydrogens (primary N) is 1. The molecule has 0 saturated heterocycles. The van der Waals surface area contributed by atoms with Crippen molar-refractivity contribution in [1.82, 2.24) is 25.2 Å². The molecular formula is C13H12N6S. The predicted octanol–water partition coefficient (Wildman–Crippen LogP) is 2.10. The molecule has 3 rings (SSSR count). The molecule has 3 aromatic rings. The molecule has 1 aromatic carbocycles. The number of pyridine rings is 1. The van der Waals surface area contributed by atoms with E-state index in [1.54, 1.807) is 10.9 Å². The molecule has 0 aliphatic carbocycles. The third-order valence-corrected chi connectivity index (χ3v) is 3.63. The van der Waals surface area contributed by atoms with Gasteiger partial charge >= 0.3 is 0 Å². The van der Waals surface area contributed by atoms with Gasteiger partial charge in [-0.25, -0.2) is 4.98 Å². The van der Waals surface area contributed by atoms with Gasteiger partial charge in [0.05, 0.1) is 17.6 Å². The lowest BCUT2D eigenvalue weighted by Crippen LogP contribution is -1.99. The highest BCUT2D eigenvalue weighted by molar-refractivity contribution is 7.99. The third kappa shape index (κ3) is 2.48. The van der Waals surface area contributed by atoms with E-state index in [1.807, 2.05) is 43.3 Å². The predicted molar refractivity (Wildman–Crippen MR) is 76.7 cm³/mol. The van der Waals surface area contributed by atoms with Gasteiger partial charge in [-0.3, -0.25) is 0 Å². The van der Waals surface area contributed by atoms with Gasteiger partial charge in [0.1, 0.15) is 5.03 Å². The van der Waals surface area contributed by atoms with Crippen LogP contribution in [-0.2, 0) is 0 Å². The van der Waals surface area contributed by atoms with E-state index >= 15 is 0 Å². The van der Waals surface area contributed by atoms with Gasteiger partial charge in [0.25, 0.3) is 0 Å². The first-order chi connectivity index (χ1) is 9.74. The van der Waals surface area contributed by atoms with Crippen molar-refractivity contribution in [2.24, 2.45) is 0 Å². The van der Waals surface area contributed by atoms with Crippen LogP contribution < -0.4 is 5.73 Å². The van der Waals surface area contributed by atoms with E-state index in [0.717, 1.165) is 16.3 Å². The van der Waals surface area contributed by atoms with Crippen molar-refractivity contribution in [2.75, 3.05) is 5.73 Å². The van der Waals surface area contributed by atoms with Crippen molar-refractivity contribution in [3.63, 3.8) is 0 Å². The highest BCUT2D eigenvalue weighted by Gasteiger charge is 2.11. The van der Waals surface area contributed by atoms with Crippen LogP contribution in [0.2, 0.25) is 0 Å². The number of aromatic nitrogens is 5. The smallest absolute Gasteiger partial charge is 0.220 e. The maximum atomic E-state index is 5.77. The number of hydrogen-bond donors (Lipinski definition) is 1. The van der Waals surface area contributed by atoms with E-state index in [-0.39, 0.29) is 0 Å². The molecule has 2 aromatic heterocycles. The molecule has 0 amide bonds. The average molecular weight is 284 g/mol. The summed E-state index contributed by atoms with van der Waals surface area (Å²) in [6.07, 6.45) is 1.65. The Bertz CT molecular complexity index is 725. The van der Waals surface area contributed by atoms with E-state index in [0.29, 0.717) is 10.8 Å². The quantitative estimate of drug-likeness (QED) is 0.793. The zero-order valence-corrected chi connectivity index (χ0v) is 11.6. The van der Waals surface area contributed by atoms with Crippen molar-refractivity contribution in [3.8, 4) is 5.69 Å². The van der Waals surface area contributed by atoms with Crippen molar-refractivity contribution in [2.45, 2.75) is 17.1 Å². The van der Waals surface area contributed by atoms with Crippen LogP contribution in [0.5, 0.6) is 0 Å². The summed E-state index contributed by atoms with van der Waals surface area (Å²) in [4.78, 5) is 4.28.